The molecule has 0 bridgehead atoms. The number of nitrogens with one attached hydrogen (secondary N) is 1. The molecule has 0 aliphatic rings. The number of aliphatic hydroxyl groups excluding tert-OH is 1. The molecule has 122 valence electrons. The van der Waals surface area contributed by atoms with Crippen molar-refractivity contribution < 1.29 is 23.4 Å². The van der Waals surface area contributed by atoms with E-state index in [2.05, 4.69) is 5.32 Å². The van der Waals surface area contributed by atoms with Gasteiger partial charge in [-0.05, 0) is 29.8 Å². The highest BCUT2D eigenvalue weighted by atomic mass is 35.5. The standard InChI is InChI=1S/C16H14ClF2NO3/c17-11-3-1-10(2-4-11)14(21)8-20-16(22)9-23-15-6-5-12(18)7-13(15)19/h1-7,14,21H,8-9H2,(H,20,22). The molecule has 4 nitrogen and oxygen atoms in total. The monoisotopic (exact) mass is 341 g/mol. The van der Waals surface area contributed by atoms with E-state index in [1.54, 1.807) is 24.3 Å². The largest absolute Gasteiger partial charge is 0.481 e. The first-order valence-electron chi connectivity index (χ1n) is 6.74. The highest BCUT2D eigenvalue weighted by Crippen LogP contribution is 2.18. The van der Waals surface area contributed by atoms with Crippen molar-refractivity contribution in [2.24, 2.45) is 0 Å². The Bertz CT molecular complexity index is 680. The molecule has 2 rings (SSSR count). The fraction of sp³-hybridized carbons (Fsp3) is 0.188. The number of ether oxygens (including phenoxy) is 1. The zero-order valence-corrected chi connectivity index (χ0v) is 12.7. The van der Waals surface area contributed by atoms with Crippen molar-refractivity contribution in [2.45, 2.75) is 6.10 Å². The molecular weight excluding hydrogens is 328 g/mol. The second-order valence-electron chi connectivity index (χ2n) is 4.73. The van der Waals surface area contributed by atoms with Crippen molar-refractivity contribution in [2.75, 3.05) is 13.2 Å². The molecule has 2 N–H and O–H groups in total. The van der Waals surface area contributed by atoms with Gasteiger partial charge in [0, 0.05) is 17.6 Å². The SMILES string of the molecule is O=C(COc1ccc(F)cc1F)NCC(O)c1ccc(Cl)cc1. The zero-order chi connectivity index (χ0) is 16.8. The van der Waals surface area contributed by atoms with Crippen molar-refractivity contribution in [1.29, 1.82) is 0 Å². The number of halogens is 3. The van der Waals surface area contributed by atoms with Crippen LogP contribution in [0.3, 0.4) is 0 Å². The van der Waals surface area contributed by atoms with Gasteiger partial charge in [-0.15, -0.1) is 0 Å². The lowest BCUT2D eigenvalue weighted by atomic mass is 10.1. The summed E-state index contributed by atoms with van der Waals surface area (Å²) in [5.41, 5.74) is 0.597. The van der Waals surface area contributed by atoms with E-state index in [1.807, 2.05) is 0 Å². The van der Waals surface area contributed by atoms with Crippen molar-refractivity contribution in [3.8, 4) is 5.75 Å². The first-order chi connectivity index (χ1) is 11.0. The molecule has 0 spiro atoms. The van der Waals surface area contributed by atoms with Crippen LogP contribution in [0.1, 0.15) is 11.7 Å². The van der Waals surface area contributed by atoms with Gasteiger partial charge < -0.3 is 15.2 Å². The van der Waals surface area contributed by atoms with Crippen LogP contribution in [0.2, 0.25) is 5.02 Å². The number of rotatable bonds is 6. The van der Waals surface area contributed by atoms with Crippen molar-refractivity contribution in [3.05, 3.63) is 64.7 Å². The second kappa shape index (κ2) is 7.89. The topological polar surface area (TPSA) is 58.6 Å². The van der Waals surface area contributed by atoms with Crippen LogP contribution in [0.15, 0.2) is 42.5 Å². The molecule has 0 saturated carbocycles. The van der Waals surface area contributed by atoms with E-state index in [4.69, 9.17) is 16.3 Å². The average Bonchev–Trinajstić information content (AvgIpc) is 2.52. The first-order valence-corrected chi connectivity index (χ1v) is 7.11. The fourth-order valence-corrected chi connectivity index (χ4v) is 1.93. The van der Waals surface area contributed by atoms with Crippen LogP contribution in [-0.4, -0.2) is 24.2 Å². The Morgan fingerprint density at radius 1 is 1.22 bits per heavy atom. The Morgan fingerprint density at radius 2 is 1.91 bits per heavy atom. The fourth-order valence-electron chi connectivity index (χ4n) is 1.80. The number of hydrogen-bond acceptors (Lipinski definition) is 3. The Labute approximate surface area is 136 Å². The summed E-state index contributed by atoms with van der Waals surface area (Å²) < 4.78 is 31.0. The lowest BCUT2D eigenvalue weighted by molar-refractivity contribution is -0.123. The molecule has 0 aliphatic heterocycles. The Balaban J connectivity index is 1.79. The normalized spacial score (nSPS) is 11.8. The van der Waals surface area contributed by atoms with Crippen molar-refractivity contribution in [3.63, 3.8) is 0 Å². The quantitative estimate of drug-likeness (QED) is 0.849. The first kappa shape index (κ1) is 17.2. The summed E-state index contributed by atoms with van der Waals surface area (Å²) in [4.78, 5) is 11.6. The van der Waals surface area contributed by atoms with E-state index in [9.17, 15) is 18.7 Å². The van der Waals surface area contributed by atoms with Crippen molar-refractivity contribution in [1.82, 2.24) is 5.32 Å². The Hall–Kier alpha value is -2.18. The van der Waals surface area contributed by atoms with Crippen LogP contribution >= 0.6 is 11.6 Å². The Morgan fingerprint density at radius 3 is 2.57 bits per heavy atom. The molecule has 0 saturated heterocycles. The summed E-state index contributed by atoms with van der Waals surface area (Å²) >= 11 is 5.74. The van der Waals surface area contributed by atoms with Crippen molar-refractivity contribution >= 4 is 17.5 Å². The predicted octanol–water partition coefficient (Wildman–Crippen LogP) is 2.85. The summed E-state index contributed by atoms with van der Waals surface area (Å²) in [6, 6.07) is 9.33. The van der Waals surface area contributed by atoms with E-state index in [1.165, 1.54) is 0 Å². The molecule has 0 aliphatic carbocycles. The maximum atomic E-state index is 13.3. The molecule has 1 atom stereocenters. The highest BCUT2D eigenvalue weighted by Gasteiger charge is 2.11. The van der Waals surface area contributed by atoms with Gasteiger partial charge in [-0.3, -0.25) is 4.79 Å². The lowest BCUT2D eigenvalue weighted by Gasteiger charge is -2.13. The summed E-state index contributed by atoms with van der Waals surface area (Å²) in [5.74, 6) is -2.38. The minimum Gasteiger partial charge on any atom is -0.481 e. The second-order valence-corrected chi connectivity index (χ2v) is 5.17. The predicted molar refractivity (Wildman–Crippen MR) is 81.3 cm³/mol. The summed E-state index contributed by atoms with van der Waals surface area (Å²) in [7, 11) is 0. The molecule has 7 heteroatoms. The number of aliphatic hydroxyl groups is 1. The zero-order valence-electron chi connectivity index (χ0n) is 11.9. The minimum atomic E-state index is -0.904. The van der Waals surface area contributed by atoms with Crippen LogP contribution < -0.4 is 10.1 Å². The molecule has 0 radical (unpaired) electrons. The molecule has 1 unspecified atom stereocenters. The van der Waals surface area contributed by atoms with E-state index < -0.39 is 30.3 Å². The minimum absolute atomic E-state index is 0.0320. The van der Waals surface area contributed by atoms with Crippen LogP contribution in [0.5, 0.6) is 5.75 Å². The van der Waals surface area contributed by atoms with Gasteiger partial charge in [-0.1, -0.05) is 23.7 Å². The van der Waals surface area contributed by atoms with Crippen LogP contribution in [-0.2, 0) is 4.79 Å². The maximum absolute atomic E-state index is 13.3. The number of amides is 1. The highest BCUT2D eigenvalue weighted by molar-refractivity contribution is 6.30. The average molecular weight is 342 g/mol. The summed E-state index contributed by atoms with van der Waals surface area (Å²) in [5, 5.41) is 12.9. The lowest BCUT2D eigenvalue weighted by Crippen LogP contribution is -2.32. The maximum Gasteiger partial charge on any atom is 0.258 e. The van der Waals surface area contributed by atoms with Crippen LogP contribution in [0.4, 0.5) is 8.78 Å². The van der Waals surface area contributed by atoms with Gasteiger partial charge in [0.25, 0.3) is 5.91 Å². The molecule has 0 fully saturated rings. The smallest absolute Gasteiger partial charge is 0.258 e. The van der Waals surface area contributed by atoms with Gasteiger partial charge in [0.1, 0.15) is 5.82 Å². The van der Waals surface area contributed by atoms with Crippen LogP contribution in [0, 0.1) is 11.6 Å². The molecule has 2 aromatic rings. The Kier molecular flexibility index (Phi) is 5.90. The third kappa shape index (κ3) is 5.19. The third-order valence-electron chi connectivity index (χ3n) is 3.00. The molecule has 1 amide bonds. The van der Waals surface area contributed by atoms with E-state index in [0.29, 0.717) is 16.7 Å². The summed E-state index contributed by atoms with van der Waals surface area (Å²) in [6.07, 6.45) is -0.904. The van der Waals surface area contributed by atoms with E-state index >= 15 is 0 Å². The third-order valence-corrected chi connectivity index (χ3v) is 3.25. The molecule has 23 heavy (non-hydrogen) atoms. The summed E-state index contributed by atoms with van der Waals surface area (Å²) in [6.45, 7) is -0.481. The van der Waals surface area contributed by atoms with Gasteiger partial charge in [-0.2, -0.15) is 0 Å². The van der Waals surface area contributed by atoms with Gasteiger partial charge in [0.15, 0.2) is 18.2 Å². The molecule has 0 aromatic heterocycles. The van der Waals surface area contributed by atoms with Crippen LogP contribution in [0.25, 0.3) is 0 Å². The van der Waals surface area contributed by atoms with E-state index in [-0.39, 0.29) is 12.3 Å². The molecular formula is C16H14ClF2NO3. The van der Waals surface area contributed by atoms with E-state index in [0.717, 1.165) is 12.1 Å². The van der Waals surface area contributed by atoms with Gasteiger partial charge in [-0.25, -0.2) is 8.78 Å². The number of carbonyl (C=O) groups is 1. The molecule has 2 aromatic carbocycles. The number of benzene rings is 2. The number of carbonyl (C=O) groups excluding carboxylic acids is 1. The van der Waals surface area contributed by atoms with Gasteiger partial charge in [0.05, 0.1) is 6.10 Å². The van der Waals surface area contributed by atoms with Gasteiger partial charge in [0.2, 0.25) is 0 Å². The molecule has 0 heterocycles. The number of hydrogen-bond donors (Lipinski definition) is 2. The van der Waals surface area contributed by atoms with Gasteiger partial charge >= 0.3 is 0 Å².